The molecule has 0 aromatic heterocycles. The van der Waals surface area contributed by atoms with Gasteiger partial charge in [-0.05, 0) is 61.4 Å². The highest BCUT2D eigenvalue weighted by atomic mass is 32.2. The van der Waals surface area contributed by atoms with Crippen molar-refractivity contribution in [1.82, 2.24) is 9.62 Å². The molecule has 0 radical (unpaired) electrons. The van der Waals surface area contributed by atoms with Crippen LogP contribution in [0, 0.1) is 13.8 Å². The summed E-state index contributed by atoms with van der Waals surface area (Å²) in [6.07, 6.45) is 0.224. The molecule has 32 heavy (non-hydrogen) atoms. The molecule has 170 valence electrons. The molecule has 2 aliphatic rings. The van der Waals surface area contributed by atoms with Gasteiger partial charge in [0.2, 0.25) is 15.9 Å². The standard InChI is InChI=1S/C23H27N3O5S/c1-16-3-6-20(13-17(16)2)26-15-19(14-22(26)27)24-23(28)18-4-7-21(8-5-18)32(29,30)25-9-11-31-12-10-25/h3-8,13,19H,9-12,14-15H2,1-2H3,(H,24,28). The Bertz CT molecular complexity index is 1120. The Morgan fingerprint density at radius 2 is 1.72 bits per heavy atom. The van der Waals surface area contributed by atoms with Crippen molar-refractivity contribution in [3.63, 3.8) is 0 Å². The number of carbonyl (C=O) groups is 2. The number of anilines is 1. The van der Waals surface area contributed by atoms with Gasteiger partial charge in [-0.3, -0.25) is 9.59 Å². The quantitative estimate of drug-likeness (QED) is 0.739. The molecule has 0 spiro atoms. The van der Waals surface area contributed by atoms with Crippen LogP contribution in [0.2, 0.25) is 0 Å². The summed E-state index contributed by atoms with van der Waals surface area (Å²) in [5.41, 5.74) is 3.44. The number of amides is 2. The lowest BCUT2D eigenvalue weighted by molar-refractivity contribution is -0.117. The maximum absolute atomic E-state index is 12.7. The maximum atomic E-state index is 12.7. The number of rotatable bonds is 5. The first-order chi connectivity index (χ1) is 15.3. The van der Waals surface area contributed by atoms with Crippen LogP contribution in [-0.2, 0) is 19.6 Å². The summed E-state index contributed by atoms with van der Waals surface area (Å²) in [5.74, 6) is -0.370. The number of benzene rings is 2. The second-order valence-electron chi connectivity index (χ2n) is 8.19. The molecule has 2 aromatic rings. The van der Waals surface area contributed by atoms with E-state index in [2.05, 4.69) is 5.32 Å². The van der Waals surface area contributed by atoms with Crippen molar-refractivity contribution >= 4 is 27.5 Å². The number of hydrogen-bond acceptors (Lipinski definition) is 5. The average Bonchev–Trinajstić information content (AvgIpc) is 3.16. The first-order valence-electron chi connectivity index (χ1n) is 10.6. The SMILES string of the molecule is Cc1ccc(N2CC(NC(=O)c3ccc(S(=O)(=O)N4CCOCC4)cc3)CC2=O)cc1C. The lowest BCUT2D eigenvalue weighted by atomic mass is 10.1. The Hall–Kier alpha value is -2.75. The molecule has 2 fully saturated rings. The minimum Gasteiger partial charge on any atom is -0.379 e. The summed E-state index contributed by atoms with van der Waals surface area (Å²) in [6.45, 7) is 5.80. The highest BCUT2D eigenvalue weighted by Crippen LogP contribution is 2.24. The number of sulfonamides is 1. The zero-order valence-electron chi connectivity index (χ0n) is 18.2. The third-order valence-corrected chi connectivity index (χ3v) is 7.90. The summed E-state index contributed by atoms with van der Waals surface area (Å²) >= 11 is 0. The van der Waals surface area contributed by atoms with Gasteiger partial charge in [0, 0.05) is 37.3 Å². The predicted octanol–water partition coefficient (Wildman–Crippen LogP) is 1.86. The topological polar surface area (TPSA) is 96.0 Å². The van der Waals surface area contributed by atoms with Crippen molar-refractivity contribution in [3.8, 4) is 0 Å². The molecule has 1 unspecified atom stereocenters. The molecule has 0 bridgehead atoms. The maximum Gasteiger partial charge on any atom is 0.251 e. The van der Waals surface area contributed by atoms with E-state index in [9.17, 15) is 18.0 Å². The van der Waals surface area contributed by atoms with E-state index in [0.717, 1.165) is 16.8 Å². The normalized spacial score (nSPS) is 19.9. The molecule has 1 N–H and O–H groups in total. The number of nitrogens with zero attached hydrogens (tertiary/aromatic N) is 2. The van der Waals surface area contributed by atoms with Crippen LogP contribution in [0.1, 0.15) is 27.9 Å². The van der Waals surface area contributed by atoms with Crippen molar-refractivity contribution in [2.24, 2.45) is 0 Å². The summed E-state index contributed by atoms with van der Waals surface area (Å²) in [6, 6.07) is 11.5. The molecule has 2 aromatic carbocycles. The van der Waals surface area contributed by atoms with Gasteiger partial charge in [-0.25, -0.2) is 8.42 Å². The molecule has 2 amide bonds. The minimum absolute atomic E-state index is 0.0366. The van der Waals surface area contributed by atoms with Crippen molar-refractivity contribution < 1.29 is 22.7 Å². The second kappa shape index (κ2) is 9.01. The molecule has 1 atom stereocenters. The molecule has 0 aliphatic carbocycles. The van der Waals surface area contributed by atoms with Crippen LogP contribution < -0.4 is 10.2 Å². The zero-order chi connectivity index (χ0) is 22.9. The van der Waals surface area contributed by atoms with Crippen LogP contribution in [-0.4, -0.2) is 63.4 Å². The summed E-state index contributed by atoms with van der Waals surface area (Å²) in [4.78, 5) is 27.0. The van der Waals surface area contributed by atoms with Crippen molar-refractivity contribution in [2.75, 3.05) is 37.7 Å². The van der Waals surface area contributed by atoms with Gasteiger partial charge in [-0.2, -0.15) is 4.31 Å². The first kappa shape index (κ1) is 22.4. The molecule has 2 aliphatic heterocycles. The van der Waals surface area contributed by atoms with Crippen LogP contribution in [0.3, 0.4) is 0 Å². The summed E-state index contributed by atoms with van der Waals surface area (Å²) in [5, 5.41) is 2.90. The Labute approximate surface area is 188 Å². The molecule has 4 rings (SSSR count). The molecule has 8 nitrogen and oxygen atoms in total. The number of hydrogen-bond donors (Lipinski definition) is 1. The van der Waals surface area contributed by atoms with E-state index < -0.39 is 10.0 Å². The highest BCUT2D eigenvalue weighted by molar-refractivity contribution is 7.89. The Morgan fingerprint density at radius 3 is 2.38 bits per heavy atom. The average molecular weight is 458 g/mol. The van der Waals surface area contributed by atoms with E-state index >= 15 is 0 Å². The molecule has 0 saturated carbocycles. The fraction of sp³-hybridized carbons (Fsp3) is 0.391. The van der Waals surface area contributed by atoms with Gasteiger partial charge in [0.15, 0.2) is 0 Å². The van der Waals surface area contributed by atoms with Gasteiger partial charge in [0.05, 0.1) is 24.2 Å². The van der Waals surface area contributed by atoms with E-state index in [0.29, 0.717) is 38.4 Å². The van der Waals surface area contributed by atoms with E-state index in [1.54, 1.807) is 4.90 Å². The Balaban J connectivity index is 1.41. The third kappa shape index (κ3) is 4.55. The van der Waals surface area contributed by atoms with Crippen molar-refractivity contribution in [2.45, 2.75) is 31.2 Å². The van der Waals surface area contributed by atoms with Gasteiger partial charge in [-0.15, -0.1) is 0 Å². The smallest absolute Gasteiger partial charge is 0.251 e. The molecular formula is C23H27N3O5S. The van der Waals surface area contributed by atoms with E-state index in [1.165, 1.54) is 28.6 Å². The molecule has 9 heteroatoms. The summed E-state index contributed by atoms with van der Waals surface area (Å²) < 4.78 is 32.0. The largest absolute Gasteiger partial charge is 0.379 e. The molecule has 2 saturated heterocycles. The van der Waals surface area contributed by atoms with Gasteiger partial charge < -0.3 is 15.0 Å². The van der Waals surface area contributed by atoms with Gasteiger partial charge in [0.1, 0.15) is 0 Å². The summed E-state index contributed by atoms with van der Waals surface area (Å²) in [7, 11) is -3.61. The lowest BCUT2D eigenvalue weighted by Crippen LogP contribution is -2.40. The first-order valence-corrected chi connectivity index (χ1v) is 12.1. The van der Waals surface area contributed by atoms with Crippen molar-refractivity contribution in [3.05, 3.63) is 59.2 Å². The predicted molar refractivity (Wildman–Crippen MR) is 120 cm³/mol. The van der Waals surface area contributed by atoms with Crippen LogP contribution in [0.25, 0.3) is 0 Å². The fourth-order valence-electron chi connectivity index (χ4n) is 3.93. The van der Waals surface area contributed by atoms with E-state index in [-0.39, 0.29) is 29.2 Å². The van der Waals surface area contributed by atoms with Crippen LogP contribution in [0.4, 0.5) is 5.69 Å². The van der Waals surface area contributed by atoms with Crippen LogP contribution in [0.15, 0.2) is 47.4 Å². The second-order valence-corrected chi connectivity index (χ2v) is 10.1. The highest BCUT2D eigenvalue weighted by Gasteiger charge is 2.32. The monoisotopic (exact) mass is 457 g/mol. The number of morpholine rings is 1. The van der Waals surface area contributed by atoms with Gasteiger partial charge >= 0.3 is 0 Å². The zero-order valence-corrected chi connectivity index (χ0v) is 19.0. The molecular weight excluding hydrogens is 430 g/mol. The lowest BCUT2D eigenvalue weighted by Gasteiger charge is -2.26. The van der Waals surface area contributed by atoms with E-state index in [1.807, 2.05) is 32.0 Å². The third-order valence-electron chi connectivity index (χ3n) is 5.99. The van der Waals surface area contributed by atoms with Crippen LogP contribution in [0.5, 0.6) is 0 Å². The number of aryl methyl sites for hydroxylation is 2. The number of nitrogens with one attached hydrogen (secondary N) is 1. The number of ether oxygens (including phenoxy) is 1. The van der Waals surface area contributed by atoms with E-state index in [4.69, 9.17) is 4.74 Å². The van der Waals surface area contributed by atoms with Crippen LogP contribution >= 0.6 is 0 Å². The Kier molecular flexibility index (Phi) is 6.32. The minimum atomic E-state index is -3.61. The number of carbonyl (C=O) groups excluding carboxylic acids is 2. The molecule has 2 heterocycles. The van der Waals surface area contributed by atoms with Gasteiger partial charge in [0.25, 0.3) is 5.91 Å². The van der Waals surface area contributed by atoms with Crippen molar-refractivity contribution in [1.29, 1.82) is 0 Å². The Morgan fingerprint density at radius 1 is 1.03 bits per heavy atom. The fourth-order valence-corrected chi connectivity index (χ4v) is 5.34. The van der Waals surface area contributed by atoms with Gasteiger partial charge in [-0.1, -0.05) is 6.07 Å².